The number of nitrogens with one attached hydrogen (secondary N) is 1. The Morgan fingerprint density at radius 3 is 2.80 bits per heavy atom. The first-order chi connectivity index (χ1) is 9.63. The highest BCUT2D eigenvalue weighted by atomic mass is 16.2. The van der Waals surface area contributed by atoms with E-state index in [9.17, 15) is 4.79 Å². The van der Waals surface area contributed by atoms with Crippen LogP contribution in [0.1, 0.15) is 18.4 Å². The lowest BCUT2D eigenvalue weighted by Crippen LogP contribution is -2.21. The van der Waals surface area contributed by atoms with Gasteiger partial charge in [-0.05, 0) is 30.5 Å². The minimum atomic E-state index is 0.192. The van der Waals surface area contributed by atoms with Crippen molar-refractivity contribution in [2.75, 3.05) is 21.1 Å². The molecular formula is C16H23N3O. The average Bonchev–Trinajstić information content (AvgIpc) is 2.83. The van der Waals surface area contributed by atoms with Crippen molar-refractivity contribution in [2.24, 2.45) is 0 Å². The van der Waals surface area contributed by atoms with E-state index in [0.29, 0.717) is 6.42 Å². The van der Waals surface area contributed by atoms with Crippen molar-refractivity contribution >= 4 is 16.8 Å². The van der Waals surface area contributed by atoms with Crippen LogP contribution in [-0.4, -0.2) is 36.5 Å². The molecule has 0 spiro atoms. The Bertz CT molecular complexity index is 586. The molecular weight excluding hydrogens is 250 g/mol. The van der Waals surface area contributed by atoms with Crippen molar-refractivity contribution in [3.8, 4) is 0 Å². The molecule has 0 aliphatic heterocycles. The van der Waals surface area contributed by atoms with Crippen LogP contribution < -0.4 is 5.32 Å². The lowest BCUT2D eigenvalue weighted by atomic mass is 10.1. The fourth-order valence-corrected chi connectivity index (χ4v) is 2.48. The molecule has 4 heteroatoms. The van der Waals surface area contributed by atoms with Gasteiger partial charge in [0.05, 0.1) is 5.52 Å². The van der Waals surface area contributed by atoms with Crippen LogP contribution in [0.3, 0.4) is 0 Å². The molecule has 0 radical (unpaired) electrons. The van der Waals surface area contributed by atoms with Crippen LogP contribution in [0.2, 0.25) is 0 Å². The van der Waals surface area contributed by atoms with Gasteiger partial charge >= 0.3 is 0 Å². The van der Waals surface area contributed by atoms with E-state index in [1.54, 1.807) is 19.0 Å². The van der Waals surface area contributed by atoms with Crippen molar-refractivity contribution < 1.29 is 4.79 Å². The van der Waals surface area contributed by atoms with Gasteiger partial charge in [0, 0.05) is 39.8 Å². The summed E-state index contributed by atoms with van der Waals surface area (Å²) in [7, 11) is 5.57. The van der Waals surface area contributed by atoms with E-state index in [0.717, 1.165) is 19.5 Å². The Morgan fingerprint density at radius 1 is 1.30 bits per heavy atom. The fourth-order valence-electron chi connectivity index (χ4n) is 2.48. The van der Waals surface area contributed by atoms with E-state index in [4.69, 9.17) is 0 Å². The van der Waals surface area contributed by atoms with E-state index in [-0.39, 0.29) is 5.91 Å². The second kappa shape index (κ2) is 6.57. The highest BCUT2D eigenvalue weighted by Gasteiger charge is 2.07. The van der Waals surface area contributed by atoms with Gasteiger partial charge in [-0.25, -0.2) is 0 Å². The zero-order valence-electron chi connectivity index (χ0n) is 12.5. The quantitative estimate of drug-likeness (QED) is 0.876. The summed E-state index contributed by atoms with van der Waals surface area (Å²) >= 11 is 0. The van der Waals surface area contributed by atoms with Gasteiger partial charge < -0.3 is 14.8 Å². The van der Waals surface area contributed by atoms with E-state index in [1.807, 2.05) is 7.05 Å². The summed E-state index contributed by atoms with van der Waals surface area (Å²) in [4.78, 5) is 13.3. The number of benzene rings is 1. The van der Waals surface area contributed by atoms with Gasteiger partial charge in [0.1, 0.15) is 0 Å². The summed E-state index contributed by atoms with van der Waals surface area (Å²) in [6, 6.07) is 8.52. The third kappa shape index (κ3) is 3.20. The zero-order valence-corrected chi connectivity index (χ0v) is 12.5. The predicted octanol–water partition coefficient (Wildman–Crippen LogP) is 2.23. The van der Waals surface area contributed by atoms with Gasteiger partial charge in [-0.3, -0.25) is 4.79 Å². The topological polar surface area (TPSA) is 37.3 Å². The minimum Gasteiger partial charge on any atom is -0.349 e. The smallest absolute Gasteiger partial charge is 0.222 e. The standard InChI is InChI=1S/C16H23N3O/c1-17-12-14-7-4-6-13-9-11-19(16(13)14)10-5-8-15(20)18(2)3/h4,6-7,9,11,17H,5,8,10,12H2,1-3H3. The molecule has 0 aliphatic carbocycles. The van der Waals surface area contributed by atoms with Crippen LogP contribution in [0.4, 0.5) is 0 Å². The van der Waals surface area contributed by atoms with Crippen molar-refractivity contribution in [1.82, 2.24) is 14.8 Å². The highest BCUT2D eigenvalue weighted by Crippen LogP contribution is 2.21. The first-order valence-corrected chi connectivity index (χ1v) is 7.05. The lowest BCUT2D eigenvalue weighted by molar-refractivity contribution is -0.128. The van der Waals surface area contributed by atoms with E-state index >= 15 is 0 Å². The Balaban J connectivity index is 2.12. The second-order valence-corrected chi connectivity index (χ2v) is 5.29. The van der Waals surface area contributed by atoms with Crippen molar-refractivity contribution in [1.29, 1.82) is 0 Å². The highest BCUT2D eigenvalue weighted by molar-refractivity contribution is 5.83. The molecule has 1 amide bonds. The first kappa shape index (κ1) is 14.6. The molecule has 0 bridgehead atoms. The normalized spacial score (nSPS) is 10.9. The Kier molecular flexibility index (Phi) is 4.79. The third-order valence-electron chi connectivity index (χ3n) is 3.53. The van der Waals surface area contributed by atoms with Gasteiger partial charge in [-0.15, -0.1) is 0 Å². The largest absolute Gasteiger partial charge is 0.349 e. The molecule has 1 aromatic carbocycles. The van der Waals surface area contributed by atoms with Crippen molar-refractivity contribution in [3.05, 3.63) is 36.0 Å². The molecule has 2 rings (SSSR count). The number of fused-ring (bicyclic) bond motifs is 1. The molecule has 1 heterocycles. The summed E-state index contributed by atoms with van der Waals surface area (Å²) in [5, 5.41) is 4.47. The van der Waals surface area contributed by atoms with Crippen LogP contribution in [0.5, 0.6) is 0 Å². The Labute approximate surface area is 120 Å². The fraction of sp³-hybridized carbons (Fsp3) is 0.438. The molecule has 108 valence electrons. The number of hydrogen-bond donors (Lipinski definition) is 1. The van der Waals surface area contributed by atoms with Gasteiger partial charge in [0.15, 0.2) is 0 Å². The van der Waals surface area contributed by atoms with Gasteiger partial charge in [0.25, 0.3) is 0 Å². The number of rotatable bonds is 6. The van der Waals surface area contributed by atoms with Crippen molar-refractivity contribution in [3.63, 3.8) is 0 Å². The molecule has 0 fully saturated rings. The monoisotopic (exact) mass is 273 g/mol. The van der Waals surface area contributed by atoms with Crippen molar-refractivity contribution in [2.45, 2.75) is 25.9 Å². The number of para-hydroxylation sites is 1. The van der Waals surface area contributed by atoms with E-state index in [2.05, 4.69) is 40.3 Å². The molecule has 0 aliphatic rings. The molecule has 4 nitrogen and oxygen atoms in total. The molecule has 1 N–H and O–H groups in total. The van der Waals surface area contributed by atoms with Crippen LogP contribution >= 0.6 is 0 Å². The Hall–Kier alpha value is -1.81. The third-order valence-corrected chi connectivity index (χ3v) is 3.53. The maximum absolute atomic E-state index is 11.6. The number of aryl methyl sites for hydroxylation is 1. The van der Waals surface area contributed by atoms with Crippen LogP contribution in [0, 0.1) is 0 Å². The molecule has 20 heavy (non-hydrogen) atoms. The lowest BCUT2D eigenvalue weighted by Gasteiger charge is -2.12. The summed E-state index contributed by atoms with van der Waals surface area (Å²) in [5.41, 5.74) is 2.58. The maximum Gasteiger partial charge on any atom is 0.222 e. The molecule has 0 atom stereocenters. The maximum atomic E-state index is 11.6. The molecule has 0 saturated heterocycles. The van der Waals surface area contributed by atoms with Crippen LogP contribution in [0.15, 0.2) is 30.5 Å². The van der Waals surface area contributed by atoms with Gasteiger partial charge in [-0.1, -0.05) is 18.2 Å². The number of carbonyl (C=O) groups excluding carboxylic acids is 1. The minimum absolute atomic E-state index is 0.192. The van der Waals surface area contributed by atoms with Gasteiger partial charge in [-0.2, -0.15) is 0 Å². The molecule has 1 aromatic heterocycles. The summed E-state index contributed by atoms with van der Waals surface area (Å²) in [6.45, 7) is 1.74. The summed E-state index contributed by atoms with van der Waals surface area (Å²) in [5.74, 6) is 0.192. The number of nitrogens with zero attached hydrogens (tertiary/aromatic N) is 2. The van der Waals surface area contributed by atoms with Crippen LogP contribution in [-0.2, 0) is 17.9 Å². The average molecular weight is 273 g/mol. The van der Waals surface area contributed by atoms with E-state index in [1.165, 1.54) is 16.5 Å². The number of aromatic nitrogens is 1. The van der Waals surface area contributed by atoms with Gasteiger partial charge in [0.2, 0.25) is 5.91 Å². The number of carbonyl (C=O) groups is 1. The molecule has 2 aromatic rings. The SMILES string of the molecule is CNCc1cccc2ccn(CCCC(=O)N(C)C)c12. The number of hydrogen-bond acceptors (Lipinski definition) is 2. The molecule has 0 saturated carbocycles. The summed E-state index contributed by atoms with van der Waals surface area (Å²) < 4.78 is 2.25. The van der Waals surface area contributed by atoms with E-state index < -0.39 is 0 Å². The number of amides is 1. The summed E-state index contributed by atoms with van der Waals surface area (Å²) in [6.07, 6.45) is 3.58. The van der Waals surface area contributed by atoms with Crippen LogP contribution in [0.25, 0.3) is 10.9 Å². The second-order valence-electron chi connectivity index (χ2n) is 5.29. The molecule has 0 unspecified atom stereocenters. The first-order valence-electron chi connectivity index (χ1n) is 7.05. The predicted molar refractivity (Wildman–Crippen MR) is 82.6 cm³/mol. The zero-order chi connectivity index (χ0) is 14.5. The Morgan fingerprint density at radius 2 is 2.10 bits per heavy atom.